The molecule has 0 saturated heterocycles. The first-order chi connectivity index (χ1) is 10.1. The Morgan fingerprint density at radius 2 is 1.62 bits per heavy atom. The van der Waals surface area contributed by atoms with Crippen molar-refractivity contribution in [3.63, 3.8) is 0 Å². The summed E-state index contributed by atoms with van der Waals surface area (Å²) < 4.78 is 0. The van der Waals surface area contributed by atoms with Gasteiger partial charge in [-0.1, -0.05) is 0 Å². The van der Waals surface area contributed by atoms with Gasteiger partial charge in [-0.05, 0) is 0 Å². The molecule has 4 aromatic heterocycles. The Labute approximate surface area is 113 Å². The first kappa shape index (κ1) is 12.5. The number of fused-ring (bicyclic) bond motifs is 2. The Bertz CT molecular complexity index is 1060. The third-order valence-electron chi connectivity index (χ3n) is 2.58. The fraction of sp³-hybridized carbons (Fsp3) is 0. The van der Waals surface area contributed by atoms with Crippen molar-refractivity contribution in [2.24, 2.45) is 0 Å². The van der Waals surface area contributed by atoms with E-state index in [0.29, 0.717) is 11.0 Å². The maximum absolute atomic E-state index is 10.9. The van der Waals surface area contributed by atoms with Crippen molar-refractivity contribution in [2.75, 3.05) is 0 Å². The fourth-order valence-corrected chi connectivity index (χ4v) is 1.64. The van der Waals surface area contributed by atoms with Gasteiger partial charge in [0.15, 0.2) is 11.3 Å². The number of imidazole rings is 1. The molecule has 0 fully saturated rings. The predicted molar refractivity (Wildman–Crippen MR) is 71.8 cm³/mol. The predicted octanol–water partition coefficient (Wildman–Crippen LogP) is -1.41. The average molecular weight is 288 g/mol. The van der Waals surface area contributed by atoms with Crippen LogP contribution in [-0.4, -0.2) is 40.1 Å². The maximum Gasteiger partial charge on any atom is 0.327 e. The number of hydrogen-bond donors (Lipinski definition) is 5. The zero-order valence-corrected chi connectivity index (χ0v) is 10.3. The molecule has 0 bridgehead atoms. The lowest BCUT2D eigenvalue weighted by molar-refractivity contribution is 1.07. The molecule has 5 N–H and O–H groups in total. The van der Waals surface area contributed by atoms with Crippen molar-refractivity contribution in [3.8, 4) is 0 Å². The SMILES string of the molecule is O=c1[nH]c(=O)c2[nH]cnc2[nH]1.O=c1[nH]cnc2[nH]ncc12. The Balaban J connectivity index is 0.000000126. The molecule has 11 nitrogen and oxygen atoms in total. The minimum absolute atomic E-state index is 0.168. The summed E-state index contributed by atoms with van der Waals surface area (Å²) in [4.78, 5) is 49.4. The minimum atomic E-state index is -0.547. The molecule has 4 rings (SSSR count). The lowest BCUT2D eigenvalue weighted by Crippen LogP contribution is -2.21. The highest BCUT2D eigenvalue weighted by molar-refractivity contribution is 5.71. The van der Waals surface area contributed by atoms with E-state index in [4.69, 9.17) is 0 Å². The van der Waals surface area contributed by atoms with Gasteiger partial charge in [0.25, 0.3) is 11.1 Å². The van der Waals surface area contributed by atoms with Crippen LogP contribution in [0.15, 0.2) is 33.2 Å². The number of rotatable bonds is 0. The third kappa shape index (κ3) is 2.34. The van der Waals surface area contributed by atoms with Gasteiger partial charge in [-0.3, -0.25) is 24.7 Å². The molecule has 0 unspecified atom stereocenters. The van der Waals surface area contributed by atoms with Crippen LogP contribution in [0.3, 0.4) is 0 Å². The molecule has 106 valence electrons. The number of hydrogen-bond acceptors (Lipinski definition) is 6. The summed E-state index contributed by atoms with van der Waals surface area (Å²) in [6.45, 7) is 0. The summed E-state index contributed by atoms with van der Waals surface area (Å²) in [5, 5.41) is 6.72. The zero-order valence-electron chi connectivity index (χ0n) is 10.3. The van der Waals surface area contributed by atoms with Crippen molar-refractivity contribution < 1.29 is 0 Å². The van der Waals surface area contributed by atoms with Gasteiger partial charge in [0.1, 0.15) is 10.9 Å². The number of nitrogens with one attached hydrogen (secondary N) is 5. The molecule has 0 atom stereocenters. The first-order valence-electron chi connectivity index (χ1n) is 5.67. The topological polar surface area (TPSA) is 169 Å². The van der Waals surface area contributed by atoms with Crippen LogP contribution in [0, 0.1) is 0 Å². The van der Waals surface area contributed by atoms with Crippen LogP contribution in [0.4, 0.5) is 0 Å². The fourth-order valence-electron chi connectivity index (χ4n) is 1.64. The maximum atomic E-state index is 10.9. The molecule has 0 aliphatic rings. The second-order valence-corrected chi connectivity index (χ2v) is 3.90. The van der Waals surface area contributed by atoms with E-state index in [0.717, 1.165) is 0 Å². The quantitative estimate of drug-likeness (QED) is 0.266. The van der Waals surface area contributed by atoms with Crippen LogP contribution in [0.1, 0.15) is 0 Å². The summed E-state index contributed by atoms with van der Waals surface area (Å²) >= 11 is 0. The van der Waals surface area contributed by atoms with Gasteiger partial charge in [0.05, 0.1) is 18.9 Å². The molecule has 4 aromatic rings. The lowest BCUT2D eigenvalue weighted by Gasteiger charge is -1.83. The van der Waals surface area contributed by atoms with Crippen LogP contribution in [0.2, 0.25) is 0 Å². The summed E-state index contributed by atoms with van der Waals surface area (Å²) in [5.41, 5.74) is -0.0956. The number of aromatic nitrogens is 8. The normalized spacial score (nSPS) is 10.5. The summed E-state index contributed by atoms with van der Waals surface area (Å²) in [6.07, 6.45) is 4.12. The van der Waals surface area contributed by atoms with E-state index in [9.17, 15) is 14.4 Å². The van der Waals surface area contributed by atoms with Crippen LogP contribution < -0.4 is 16.8 Å². The molecule has 0 aliphatic carbocycles. The monoisotopic (exact) mass is 288 g/mol. The lowest BCUT2D eigenvalue weighted by atomic mass is 10.4. The largest absolute Gasteiger partial charge is 0.339 e. The van der Waals surface area contributed by atoms with Crippen molar-refractivity contribution in [2.45, 2.75) is 0 Å². The van der Waals surface area contributed by atoms with E-state index in [1.54, 1.807) is 0 Å². The molecule has 0 aliphatic heterocycles. The van der Waals surface area contributed by atoms with Crippen molar-refractivity contribution in [1.29, 1.82) is 0 Å². The highest BCUT2D eigenvalue weighted by Gasteiger charge is 2.00. The number of H-pyrrole nitrogens is 5. The summed E-state index contributed by atoms with van der Waals surface area (Å²) in [7, 11) is 0. The zero-order chi connectivity index (χ0) is 14.8. The Kier molecular flexibility index (Phi) is 2.91. The van der Waals surface area contributed by atoms with Gasteiger partial charge in [0.2, 0.25) is 0 Å². The van der Waals surface area contributed by atoms with Gasteiger partial charge in [-0.15, -0.1) is 0 Å². The highest BCUT2D eigenvalue weighted by atomic mass is 16.2. The van der Waals surface area contributed by atoms with Gasteiger partial charge in [-0.2, -0.15) is 5.10 Å². The first-order valence-corrected chi connectivity index (χ1v) is 5.67. The van der Waals surface area contributed by atoms with Crippen LogP contribution >= 0.6 is 0 Å². The third-order valence-corrected chi connectivity index (χ3v) is 2.58. The molecule has 0 saturated carbocycles. The molecular formula is C10H8N8O3. The number of aromatic amines is 5. The van der Waals surface area contributed by atoms with Crippen molar-refractivity contribution in [3.05, 3.63) is 50.0 Å². The van der Waals surface area contributed by atoms with E-state index in [1.165, 1.54) is 18.9 Å². The molecule has 0 amide bonds. The standard InChI is InChI=1S/C5H4N4O2.C5H4N4O/c10-4-2-3(7-1-6-2)8-5(11)9-4;10-5-3-1-8-9-4(3)6-2-7-5/h1H,(H3,6,7,8,9,10,11);1-2H,(H2,6,7,8,9,10). The molecule has 21 heavy (non-hydrogen) atoms. The summed E-state index contributed by atoms with van der Waals surface area (Å²) in [5.74, 6) is 0. The smallest absolute Gasteiger partial charge is 0.327 e. The van der Waals surface area contributed by atoms with Crippen LogP contribution in [0.25, 0.3) is 22.2 Å². The molecule has 11 heteroatoms. The Morgan fingerprint density at radius 3 is 2.43 bits per heavy atom. The van der Waals surface area contributed by atoms with Crippen molar-refractivity contribution in [1.82, 2.24) is 40.1 Å². The summed E-state index contributed by atoms with van der Waals surface area (Å²) in [6, 6.07) is 0. The number of nitrogens with zero attached hydrogens (tertiary/aromatic N) is 3. The molecule has 0 radical (unpaired) electrons. The molecule has 0 spiro atoms. The van der Waals surface area contributed by atoms with E-state index < -0.39 is 11.2 Å². The molecular weight excluding hydrogens is 280 g/mol. The second-order valence-electron chi connectivity index (χ2n) is 3.90. The van der Waals surface area contributed by atoms with Gasteiger partial charge in [0, 0.05) is 0 Å². The van der Waals surface area contributed by atoms with Crippen LogP contribution in [-0.2, 0) is 0 Å². The molecule has 0 aromatic carbocycles. The van der Waals surface area contributed by atoms with Gasteiger partial charge in [-0.25, -0.2) is 14.8 Å². The van der Waals surface area contributed by atoms with E-state index in [-0.39, 0.29) is 16.7 Å². The Hall–Kier alpha value is -3.50. The average Bonchev–Trinajstić information content (AvgIpc) is 3.08. The van der Waals surface area contributed by atoms with Gasteiger partial charge >= 0.3 is 5.69 Å². The van der Waals surface area contributed by atoms with Crippen LogP contribution in [0.5, 0.6) is 0 Å². The van der Waals surface area contributed by atoms with E-state index in [1.807, 2.05) is 0 Å². The van der Waals surface area contributed by atoms with Crippen molar-refractivity contribution >= 4 is 22.2 Å². The minimum Gasteiger partial charge on any atom is -0.339 e. The second kappa shape index (κ2) is 4.88. The highest BCUT2D eigenvalue weighted by Crippen LogP contribution is 1.96. The molecule has 4 heterocycles. The van der Waals surface area contributed by atoms with E-state index in [2.05, 4.69) is 40.1 Å². The van der Waals surface area contributed by atoms with E-state index >= 15 is 0 Å². The van der Waals surface area contributed by atoms with Gasteiger partial charge < -0.3 is 9.97 Å². The Morgan fingerprint density at radius 1 is 0.857 bits per heavy atom.